The maximum atomic E-state index is 14.1. The van der Waals surface area contributed by atoms with E-state index in [-0.39, 0.29) is 23.9 Å². The van der Waals surface area contributed by atoms with Gasteiger partial charge in [-0.2, -0.15) is 0 Å². The number of fused-ring (bicyclic) bond motifs is 3. The molecule has 2 amide bonds. The molecule has 224 valence electrons. The fraction of sp³-hybridized carbons (Fsp3) is 0.353. The van der Waals surface area contributed by atoms with Crippen LogP contribution in [-0.4, -0.2) is 69.2 Å². The first-order valence-electron chi connectivity index (χ1n) is 15.3. The number of aromatic nitrogens is 4. The molecule has 2 aromatic heterocycles. The summed E-state index contributed by atoms with van der Waals surface area (Å²) in [6.45, 7) is 1.17. The van der Waals surface area contributed by atoms with E-state index in [0.717, 1.165) is 75.7 Å². The molecule has 10 nitrogen and oxygen atoms in total. The number of carbonyl (C=O) groups is 2. The largest absolute Gasteiger partial charge is 0.453 e. The lowest BCUT2D eigenvalue weighted by molar-refractivity contribution is -0.138. The van der Waals surface area contributed by atoms with Gasteiger partial charge >= 0.3 is 6.09 Å². The van der Waals surface area contributed by atoms with Crippen molar-refractivity contribution in [3.63, 3.8) is 0 Å². The lowest BCUT2D eigenvalue weighted by Gasteiger charge is -2.35. The average molecular weight is 591 g/mol. The van der Waals surface area contributed by atoms with Gasteiger partial charge in [-0.3, -0.25) is 4.79 Å². The molecule has 1 saturated carbocycles. The molecule has 4 heterocycles. The van der Waals surface area contributed by atoms with Crippen LogP contribution >= 0.6 is 0 Å². The van der Waals surface area contributed by atoms with Gasteiger partial charge < -0.3 is 29.7 Å². The summed E-state index contributed by atoms with van der Waals surface area (Å²) >= 11 is 0. The molecular weight excluding hydrogens is 556 g/mol. The first-order chi connectivity index (χ1) is 21.6. The molecule has 0 radical (unpaired) electrons. The van der Waals surface area contributed by atoms with Crippen LogP contribution < -0.4 is 5.32 Å². The third-order valence-corrected chi connectivity index (χ3v) is 9.62. The number of ether oxygens (including phenoxy) is 2. The third-order valence-electron chi connectivity index (χ3n) is 9.62. The average Bonchev–Trinajstić information content (AvgIpc) is 3.43. The zero-order valence-electron chi connectivity index (χ0n) is 24.5. The number of piperidine rings is 1. The summed E-state index contributed by atoms with van der Waals surface area (Å²) in [6, 6.07) is 18.6. The first-order valence-corrected chi connectivity index (χ1v) is 15.3. The Morgan fingerprint density at radius 2 is 1.75 bits per heavy atom. The zero-order valence-corrected chi connectivity index (χ0v) is 24.5. The number of alkyl carbamates (subject to hydrolysis) is 1. The van der Waals surface area contributed by atoms with Gasteiger partial charge in [0.15, 0.2) is 0 Å². The maximum Gasteiger partial charge on any atom is 0.407 e. The van der Waals surface area contributed by atoms with E-state index in [4.69, 9.17) is 14.5 Å². The van der Waals surface area contributed by atoms with Crippen molar-refractivity contribution in [2.24, 2.45) is 11.8 Å². The van der Waals surface area contributed by atoms with E-state index in [9.17, 15) is 9.59 Å². The standard InChI is InChI=1S/C34H34N6O4/c1-43-34(42)39-31(19-8-10-44-11-9-19)33(41)40-29-15-25(29)16-30(40)32-37-26-7-6-23(14-27(26)38-32)21-2-3-22-13-24(5-4-20(22)12-21)28-17-35-18-36-28/h2-7,12-14,17-19,25,29-31H,8-11,15-16H2,1H3,(H,35,36)(H,37,38)(H,39,42)/t25-,29-,30+,31+/m1/s1. The highest BCUT2D eigenvalue weighted by Crippen LogP contribution is 2.53. The van der Waals surface area contributed by atoms with Crippen LogP contribution in [-0.2, 0) is 14.3 Å². The number of hydrogen-bond donors (Lipinski definition) is 3. The number of methoxy groups -OCH3 is 1. The Hall–Kier alpha value is -4.70. The number of nitrogens with one attached hydrogen (secondary N) is 3. The van der Waals surface area contributed by atoms with Crippen LogP contribution in [0.15, 0.2) is 67.1 Å². The Balaban J connectivity index is 1.07. The fourth-order valence-corrected chi connectivity index (χ4v) is 7.17. The molecule has 3 fully saturated rings. The van der Waals surface area contributed by atoms with Gasteiger partial charge in [0.25, 0.3) is 0 Å². The fourth-order valence-electron chi connectivity index (χ4n) is 7.17. The summed E-state index contributed by atoms with van der Waals surface area (Å²) in [5.74, 6) is 1.22. The van der Waals surface area contributed by atoms with Crippen molar-refractivity contribution in [2.75, 3.05) is 20.3 Å². The summed E-state index contributed by atoms with van der Waals surface area (Å²) in [5, 5.41) is 5.18. The second-order valence-corrected chi connectivity index (χ2v) is 12.2. The Morgan fingerprint density at radius 1 is 1.00 bits per heavy atom. The van der Waals surface area contributed by atoms with E-state index in [0.29, 0.717) is 19.1 Å². The Kier molecular flexibility index (Phi) is 6.59. The highest BCUT2D eigenvalue weighted by Gasteiger charge is 2.56. The van der Waals surface area contributed by atoms with Crippen LogP contribution in [0.2, 0.25) is 0 Å². The van der Waals surface area contributed by atoms with Gasteiger partial charge in [-0.25, -0.2) is 14.8 Å². The van der Waals surface area contributed by atoms with Gasteiger partial charge in [-0.05, 0) is 83.7 Å². The minimum Gasteiger partial charge on any atom is -0.453 e. The number of aromatic amines is 2. The van der Waals surface area contributed by atoms with Gasteiger partial charge in [0, 0.05) is 24.8 Å². The Labute approximate surface area is 254 Å². The number of amides is 2. The number of benzene rings is 3. The quantitative estimate of drug-likeness (QED) is 0.237. The summed E-state index contributed by atoms with van der Waals surface area (Å²) in [6.07, 6.45) is 6.25. The van der Waals surface area contributed by atoms with Gasteiger partial charge in [-0.1, -0.05) is 30.3 Å². The van der Waals surface area contributed by atoms with Crippen LogP contribution in [0.4, 0.5) is 4.79 Å². The van der Waals surface area contributed by atoms with Crippen molar-refractivity contribution in [3.05, 3.63) is 72.9 Å². The van der Waals surface area contributed by atoms with E-state index < -0.39 is 12.1 Å². The third kappa shape index (κ3) is 4.79. The molecule has 0 spiro atoms. The predicted molar refractivity (Wildman–Crippen MR) is 166 cm³/mol. The minimum atomic E-state index is -0.646. The summed E-state index contributed by atoms with van der Waals surface area (Å²) in [5.41, 5.74) is 6.12. The van der Waals surface area contributed by atoms with E-state index in [1.165, 1.54) is 7.11 Å². The lowest BCUT2D eigenvalue weighted by atomic mass is 9.90. The molecule has 3 aliphatic rings. The number of hydrogen-bond acceptors (Lipinski definition) is 6. The zero-order chi connectivity index (χ0) is 29.8. The van der Waals surface area contributed by atoms with E-state index in [1.807, 2.05) is 17.2 Å². The minimum absolute atomic E-state index is 0.00561. The van der Waals surface area contributed by atoms with E-state index in [1.54, 1.807) is 6.33 Å². The van der Waals surface area contributed by atoms with Crippen molar-refractivity contribution >= 4 is 33.8 Å². The molecule has 44 heavy (non-hydrogen) atoms. The molecule has 0 unspecified atom stereocenters. The second-order valence-electron chi connectivity index (χ2n) is 12.2. The maximum absolute atomic E-state index is 14.1. The Morgan fingerprint density at radius 3 is 2.52 bits per heavy atom. The summed E-state index contributed by atoms with van der Waals surface area (Å²) < 4.78 is 10.4. The van der Waals surface area contributed by atoms with E-state index in [2.05, 4.69) is 68.8 Å². The van der Waals surface area contributed by atoms with Crippen LogP contribution in [0.5, 0.6) is 0 Å². The smallest absolute Gasteiger partial charge is 0.407 e. The number of rotatable bonds is 6. The lowest BCUT2D eigenvalue weighted by Crippen LogP contribution is -2.54. The first kappa shape index (κ1) is 26.9. The van der Waals surface area contributed by atoms with Gasteiger partial charge in [-0.15, -0.1) is 0 Å². The summed E-state index contributed by atoms with van der Waals surface area (Å²) in [7, 11) is 1.33. The molecule has 5 aromatic rings. The summed E-state index contributed by atoms with van der Waals surface area (Å²) in [4.78, 5) is 44.2. The highest BCUT2D eigenvalue weighted by atomic mass is 16.5. The number of likely N-dealkylation sites (tertiary alicyclic amines) is 1. The molecule has 2 aliphatic heterocycles. The van der Waals surface area contributed by atoms with E-state index >= 15 is 0 Å². The monoisotopic (exact) mass is 590 g/mol. The normalized spacial score (nSPS) is 22.2. The van der Waals surface area contributed by atoms with Gasteiger partial charge in [0.05, 0.1) is 42.4 Å². The van der Waals surface area contributed by atoms with Crippen molar-refractivity contribution in [1.29, 1.82) is 0 Å². The van der Waals surface area contributed by atoms with Crippen molar-refractivity contribution < 1.29 is 19.1 Å². The van der Waals surface area contributed by atoms with Crippen LogP contribution in [0.1, 0.15) is 37.5 Å². The van der Waals surface area contributed by atoms with Crippen molar-refractivity contribution in [1.82, 2.24) is 30.2 Å². The van der Waals surface area contributed by atoms with Crippen LogP contribution in [0.25, 0.3) is 44.2 Å². The predicted octanol–water partition coefficient (Wildman–Crippen LogP) is 5.59. The van der Waals surface area contributed by atoms with Gasteiger partial charge in [0.2, 0.25) is 5.91 Å². The molecule has 3 aromatic carbocycles. The van der Waals surface area contributed by atoms with Crippen molar-refractivity contribution in [2.45, 2.75) is 43.8 Å². The molecule has 3 N–H and O–H groups in total. The number of carbonyl (C=O) groups excluding carboxylic acids is 2. The molecule has 10 heteroatoms. The van der Waals surface area contributed by atoms with Crippen LogP contribution in [0.3, 0.4) is 0 Å². The molecule has 0 bridgehead atoms. The molecule has 8 rings (SSSR count). The van der Waals surface area contributed by atoms with Gasteiger partial charge in [0.1, 0.15) is 11.9 Å². The topological polar surface area (TPSA) is 125 Å². The second kappa shape index (κ2) is 10.8. The number of imidazole rings is 2. The molecule has 1 aliphatic carbocycles. The molecule has 2 saturated heterocycles. The molecular formula is C34H34N6O4. The SMILES string of the molecule is COC(=O)N[C@H](C(=O)N1[C@@H]2C[C@@H]2C[C@H]1c1nc2ccc(-c3ccc4cc(-c5cnc[nH]5)ccc4c3)cc2[nH]1)C1CCOCC1. The number of H-pyrrole nitrogens is 2. The highest BCUT2D eigenvalue weighted by molar-refractivity contribution is 5.92. The van der Waals surface area contributed by atoms with Crippen molar-refractivity contribution in [3.8, 4) is 22.4 Å². The van der Waals surface area contributed by atoms with Crippen LogP contribution in [0, 0.1) is 11.8 Å². The number of nitrogens with zero attached hydrogens (tertiary/aromatic N) is 3. The Bertz CT molecular complexity index is 1860. The molecule has 4 atom stereocenters.